The second-order valence-corrected chi connectivity index (χ2v) is 6.34. The summed E-state index contributed by atoms with van der Waals surface area (Å²) in [6.45, 7) is 0.187. The van der Waals surface area contributed by atoms with Gasteiger partial charge in [-0.3, -0.25) is 14.4 Å². The first-order chi connectivity index (χ1) is 13.8. The number of carboxylic acids is 1. The van der Waals surface area contributed by atoms with E-state index in [4.69, 9.17) is 0 Å². The summed E-state index contributed by atoms with van der Waals surface area (Å²) < 4.78 is 19.2. The number of fused-ring (bicyclic) bond motifs is 1. The van der Waals surface area contributed by atoms with Gasteiger partial charge in [-0.1, -0.05) is 12.1 Å². The maximum absolute atomic E-state index is 13.1. The van der Waals surface area contributed by atoms with E-state index in [1.54, 1.807) is 16.7 Å². The number of carboxylic acid groups (broad SMARTS) is 1. The number of hydrogen-bond donors (Lipinski definition) is 1. The maximum Gasteiger partial charge on any atom is 0.341 e. The fourth-order valence-corrected chi connectivity index (χ4v) is 2.95. The van der Waals surface area contributed by atoms with Gasteiger partial charge in [0.2, 0.25) is 5.43 Å². The average molecular weight is 397 g/mol. The van der Waals surface area contributed by atoms with Crippen molar-refractivity contribution in [1.29, 1.82) is 0 Å². The third-order valence-electron chi connectivity index (χ3n) is 4.43. The van der Waals surface area contributed by atoms with Gasteiger partial charge < -0.3 is 14.4 Å². The van der Waals surface area contributed by atoms with Crippen molar-refractivity contribution in [1.82, 2.24) is 4.57 Å². The van der Waals surface area contributed by atoms with Crippen molar-refractivity contribution in [3.8, 4) is 0 Å². The van der Waals surface area contributed by atoms with E-state index in [-0.39, 0.29) is 17.5 Å². The molecule has 148 valence electrons. The van der Waals surface area contributed by atoms with Gasteiger partial charge in [-0.2, -0.15) is 0 Å². The molecule has 0 atom stereocenters. The van der Waals surface area contributed by atoms with E-state index in [9.17, 15) is 28.7 Å². The number of aromatic nitrogens is 1. The van der Waals surface area contributed by atoms with Crippen molar-refractivity contribution in [3.63, 3.8) is 0 Å². The number of Topliss-reactive ketones (excluding diaryl/α,β-unsaturated/α-hetero) is 1. The number of aromatic carboxylic acids is 1. The Bertz CT molecular complexity index is 1180. The molecule has 1 heterocycles. The Morgan fingerprint density at radius 3 is 2.41 bits per heavy atom. The number of carbonyl (C=O) groups excluding carboxylic acids is 2. The van der Waals surface area contributed by atoms with Gasteiger partial charge in [0.1, 0.15) is 17.8 Å². The molecular weight excluding hydrogens is 381 g/mol. The van der Waals surface area contributed by atoms with Crippen LogP contribution in [0.25, 0.3) is 10.9 Å². The van der Waals surface area contributed by atoms with Gasteiger partial charge in [0.25, 0.3) is 0 Å². The summed E-state index contributed by atoms with van der Waals surface area (Å²) in [6.07, 6.45) is 0.719. The Morgan fingerprint density at radius 1 is 1.10 bits per heavy atom. The average Bonchev–Trinajstić information content (AvgIpc) is 2.70. The molecule has 0 spiro atoms. The number of methoxy groups -OCH3 is 1. The van der Waals surface area contributed by atoms with Crippen molar-refractivity contribution < 1.29 is 28.6 Å². The first kappa shape index (κ1) is 19.9. The molecule has 29 heavy (non-hydrogen) atoms. The summed E-state index contributed by atoms with van der Waals surface area (Å²) in [4.78, 5) is 47.7. The number of nitrogens with zero attached hydrogens (tertiary/aromatic N) is 1. The molecule has 7 nitrogen and oxygen atoms in total. The number of pyridine rings is 1. The zero-order valence-corrected chi connectivity index (χ0v) is 15.3. The number of esters is 1. The van der Waals surface area contributed by atoms with Crippen LogP contribution in [0.15, 0.2) is 53.5 Å². The van der Waals surface area contributed by atoms with E-state index >= 15 is 0 Å². The molecule has 0 unspecified atom stereocenters. The highest BCUT2D eigenvalue weighted by atomic mass is 19.1. The predicted octanol–water partition coefficient (Wildman–Crippen LogP) is 2.63. The quantitative estimate of drug-likeness (QED) is 0.390. The zero-order valence-electron chi connectivity index (χ0n) is 15.3. The van der Waals surface area contributed by atoms with E-state index in [2.05, 4.69) is 4.74 Å². The minimum Gasteiger partial charge on any atom is -0.477 e. The van der Waals surface area contributed by atoms with Crippen LogP contribution >= 0.6 is 0 Å². The number of halogens is 1. The summed E-state index contributed by atoms with van der Waals surface area (Å²) in [6, 6.07) is 9.90. The lowest BCUT2D eigenvalue weighted by Crippen LogP contribution is -2.20. The van der Waals surface area contributed by atoms with Crippen molar-refractivity contribution in [3.05, 3.63) is 81.4 Å². The van der Waals surface area contributed by atoms with Gasteiger partial charge in [0.15, 0.2) is 5.78 Å². The molecule has 0 bridgehead atoms. The second kappa shape index (κ2) is 8.05. The SMILES string of the molecule is COC(=O)CC(=O)c1ccc2c(c1)c(=O)c(C(=O)O)cn2Cc1ccc(F)cc1. The minimum absolute atomic E-state index is 0.0303. The van der Waals surface area contributed by atoms with Gasteiger partial charge in [0, 0.05) is 23.7 Å². The second-order valence-electron chi connectivity index (χ2n) is 6.34. The normalized spacial score (nSPS) is 10.7. The van der Waals surface area contributed by atoms with Crippen LogP contribution in [0.4, 0.5) is 4.39 Å². The van der Waals surface area contributed by atoms with Crippen LogP contribution in [0.5, 0.6) is 0 Å². The largest absolute Gasteiger partial charge is 0.477 e. The summed E-state index contributed by atoms with van der Waals surface area (Å²) in [5.41, 5.74) is -0.0129. The first-order valence-electron chi connectivity index (χ1n) is 8.55. The lowest BCUT2D eigenvalue weighted by Gasteiger charge is -2.13. The zero-order chi connectivity index (χ0) is 21.1. The fourth-order valence-electron chi connectivity index (χ4n) is 2.95. The minimum atomic E-state index is -1.41. The van der Waals surface area contributed by atoms with Crippen LogP contribution in [0.3, 0.4) is 0 Å². The van der Waals surface area contributed by atoms with Crippen LogP contribution in [0, 0.1) is 5.82 Å². The van der Waals surface area contributed by atoms with E-state index < -0.39 is 41.0 Å². The molecule has 2 aromatic carbocycles. The number of carbonyl (C=O) groups is 3. The van der Waals surface area contributed by atoms with Gasteiger partial charge in [-0.05, 0) is 35.9 Å². The Hall–Kier alpha value is -3.81. The number of rotatable bonds is 6. The molecule has 0 amide bonds. The highest BCUT2D eigenvalue weighted by molar-refractivity contribution is 6.07. The molecule has 0 aliphatic carbocycles. The smallest absolute Gasteiger partial charge is 0.341 e. The molecule has 8 heteroatoms. The van der Waals surface area contributed by atoms with Crippen molar-refractivity contribution in [2.75, 3.05) is 7.11 Å². The van der Waals surface area contributed by atoms with Gasteiger partial charge in [-0.15, -0.1) is 0 Å². The van der Waals surface area contributed by atoms with E-state index in [1.165, 1.54) is 36.5 Å². The summed E-state index contributed by atoms with van der Waals surface area (Å²) in [5.74, 6) is -3.08. The predicted molar refractivity (Wildman–Crippen MR) is 102 cm³/mol. The molecule has 3 rings (SSSR count). The van der Waals surface area contributed by atoms with Gasteiger partial charge in [-0.25, -0.2) is 9.18 Å². The Labute approximate surface area is 164 Å². The topological polar surface area (TPSA) is 103 Å². The Morgan fingerprint density at radius 2 is 1.79 bits per heavy atom. The third kappa shape index (κ3) is 4.21. The van der Waals surface area contributed by atoms with Crippen LogP contribution in [-0.2, 0) is 16.1 Å². The third-order valence-corrected chi connectivity index (χ3v) is 4.43. The highest BCUT2D eigenvalue weighted by Crippen LogP contribution is 2.18. The molecule has 1 N–H and O–H groups in total. The molecular formula is C21H16FNO6. The molecule has 0 aliphatic rings. The number of benzene rings is 2. The van der Waals surface area contributed by atoms with Gasteiger partial charge >= 0.3 is 11.9 Å². The van der Waals surface area contributed by atoms with E-state index in [0.717, 1.165) is 7.11 Å². The van der Waals surface area contributed by atoms with Crippen LogP contribution in [0.2, 0.25) is 0 Å². The molecule has 1 aromatic heterocycles. The monoisotopic (exact) mass is 397 g/mol. The number of hydrogen-bond acceptors (Lipinski definition) is 5. The van der Waals surface area contributed by atoms with Crippen LogP contribution in [0.1, 0.15) is 32.7 Å². The Kier molecular flexibility index (Phi) is 5.54. The Balaban J connectivity index is 2.14. The van der Waals surface area contributed by atoms with Crippen LogP contribution < -0.4 is 5.43 Å². The van der Waals surface area contributed by atoms with Crippen molar-refractivity contribution >= 4 is 28.6 Å². The van der Waals surface area contributed by atoms with Gasteiger partial charge in [0.05, 0.1) is 12.6 Å². The summed E-state index contributed by atoms with van der Waals surface area (Å²) in [5, 5.41) is 9.42. The standard InChI is InChI=1S/C21H16FNO6/c1-29-19(25)9-18(24)13-4-7-17-15(8-13)20(26)16(21(27)28)11-23(17)10-12-2-5-14(22)6-3-12/h2-8,11H,9-10H2,1H3,(H,27,28). The molecule has 0 radical (unpaired) electrons. The maximum atomic E-state index is 13.1. The first-order valence-corrected chi connectivity index (χ1v) is 8.55. The molecule has 0 fully saturated rings. The summed E-state index contributed by atoms with van der Waals surface area (Å²) >= 11 is 0. The van der Waals surface area contributed by atoms with Crippen molar-refractivity contribution in [2.45, 2.75) is 13.0 Å². The number of ketones is 1. The van der Waals surface area contributed by atoms with E-state index in [1.807, 2.05) is 0 Å². The van der Waals surface area contributed by atoms with Crippen molar-refractivity contribution in [2.24, 2.45) is 0 Å². The molecule has 0 saturated heterocycles. The highest BCUT2D eigenvalue weighted by Gasteiger charge is 2.18. The summed E-state index contributed by atoms with van der Waals surface area (Å²) in [7, 11) is 1.16. The van der Waals surface area contributed by atoms with Crippen LogP contribution in [-0.4, -0.2) is 34.5 Å². The molecule has 0 aliphatic heterocycles. The lowest BCUT2D eigenvalue weighted by molar-refractivity contribution is -0.139. The fraction of sp³-hybridized carbons (Fsp3) is 0.143. The van der Waals surface area contributed by atoms with E-state index in [0.29, 0.717) is 11.1 Å². The lowest BCUT2D eigenvalue weighted by atomic mass is 10.0. The molecule has 0 saturated carbocycles. The number of ether oxygens (including phenoxy) is 1. The molecule has 3 aromatic rings.